The third-order valence-corrected chi connectivity index (χ3v) is 4.98. The molecule has 2 N–H and O–H groups in total. The molecule has 0 radical (unpaired) electrons. The highest BCUT2D eigenvalue weighted by atomic mass is 32.1. The first-order valence-electron chi connectivity index (χ1n) is 9.21. The van der Waals surface area contributed by atoms with Crippen LogP contribution in [0, 0.1) is 6.92 Å². The first-order chi connectivity index (χ1) is 13.2. The Labute approximate surface area is 164 Å². The number of rotatable bonds is 7. The Hall–Kier alpha value is -2.60. The van der Waals surface area contributed by atoms with Gasteiger partial charge in [0.1, 0.15) is 12.0 Å². The molecule has 142 valence electrons. The van der Waals surface area contributed by atoms with Crippen LogP contribution in [0.1, 0.15) is 36.6 Å². The quantitative estimate of drug-likeness (QED) is 0.464. The molecule has 1 aromatic carbocycles. The second-order valence-electron chi connectivity index (χ2n) is 6.54. The molecule has 0 aliphatic rings. The largest absolute Gasteiger partial charge is 0.444 e. The van der Waals surface area contributed by atoms with Gasteiger partial charge >= 0.3 is 0 Å². The number of thiophene rings is 1. The van der Waals surface area contributed by atoms with Gasteiger partial charge in [0.2, 0.25) is 5.89 Å². The SMILES string of the molecule is CCNC(=NCc1coc(-c2ccc(C)cc2)n1)NCC(C)c1ccsc1. The van der Waals surface area contributed by atoms with Crippen LogP contribution in [0.5, 0.6) is 0 Å². The van der Waals surface area contributed by atoms with Crippen LogP contribution in [-0.4, -0.2) is 24.0 Å². The molecule has 0 fully saturated rings. The standard InChI is InChI=1S/C21H26N4OS/c1-4-22-21(23-11-16(3)18-9-10-27-14-18)24-12-19-13-26-20(25-19)17-7-5-15(2)6-8-17/h5-10,13-14,16H,4,11-12H2,1-3H3,(H2,22,23,24). The third kappa shape index (κ3) is 5.44. The van der Waals surface area contributed by atoms with E-state index in [2.05, 4.69) is 70.3 Å². The van der Waals surface area contributed by atoms with Crippen LogP contribution in [0.4, 0.5) is 0 Å². The van der Waals surface area contributed by atoms with E-state index in [0.717, 1.165) is 30.3 Å². The summed E-state index contributed by atoms with van der Waals surface area (Å²) in [6.07, 6.45) is 1.68. The lowest BCUT2D eigenvalue weighted by atomic mass is 10.1. The number of oxazole rings is 1. The molecule has 0 amide bonds. The van der Waals surface area contributed by atoms with Crippen LogP contribution in [0.25, 0.3) is 11.5 Å². The van der Waals surface area contributed by atoms with Gasteiger partial charge in [0.15, 0.2) is 5.96 Å². The predicted molar refractivity (Wildman–Crippen MR) is 112 cm³/mol. The molecule has 1 atom stereocenters. The van der Waals surface area contributed by atoms with Gasteiger partial charge in [-0.05, 0) is 54.3 Å². The fourth-order valence-electron chi connectivity index (χ4n) is 2.63. The van der Waals surface area contributed by atoms with Gasteiger partial charge in [-0.3, -0.25) is 0 Å². The number of aromatic nitrogens is 1. The van der Waals surface area contributed by atoms with Crippen molar-refractivity contribution >= 4 is 17.3 Å². The second kappa shape index (κ2) is 9.37. The smallest absolute Gasteiger partial charge is 0.226 e. The fourth-order valence-corrected chi connectivity index (χ4v) is 3.42. The summed E-state index contributed by atoms with van der Waals surface area (Å²) in [6.45, 7) is 8.45. The molecule has 1 unspecified atom stereocenters. The summed E-state index contributed by atoms with van der Waals surface area (Å²) in [7, 11) is 0. The van der Waals surface area contributed by atoms with E-state index in [0.29, 0.717) is 18.4 Å². The van der Waals surface area contributed by atoms with Crippen LogP contribution < -0.4 is 10.6 Å². The zero-order chi connectivity index (χ0) is 19.1. The molecule has 2 aromatic heterocycles. The number of nitrogens with zero attached hydrogens (tertiary/aromatic N) is 2. The highest BCUT2D eigenvalue weighted by Gasteiger charge is 2.09. The van der Waals surface area contributed by atoms with E-state index in [-0.39, 0.29) is 0 Å². The second-order valence-corrected chi connectivity index (χ2v) is 7.32. The summed E-state index contributed by atoms with van der Waals surface area (Å²) in [5, 5.41) is 11.0. The van der Waals surface area contributed by atoms with Crippen molar-refractivity contribution in [1.29, 1.82) is 0 Å². The molecular formula is C21H26N4OS. The number of guanidine groups is 1. The Morgan fingerprint density at radius 2 is 2.04 bits per heavy atom. The van der Waals surface area contributed by atoms with Crippen molar-refractivity contribution in [3.05, 3.63) is 64.2 Å². The van der Waals surface area contributed by atoms with Crippen molar-refractivity contribution in [3.63, 3.8) is 0 Å². The summed E-state index contributed by atoms with van der Waals surface area (Å²) >= 11 is 1.73. The van der Waals surface area contributed by atoms with Gasteiger partial charge in [0.25, 0.3) is 0 Å². The molecule has 3 rings (SSSR count). The van der Waals surface area contributed by atoms with Crippen molar-refractivity contribution in [2.75, 3.05) is 13.1 Å². The normalized spacial score (nSPS) is 12.8. The van der Waals surface area contributed by atoms with Crippen molar-refractivity contribution in [2.45, 2.75) is 33.2 Å². The van der Waals surface area contributed by atoms with Crippen LogP contribution in [0.3, 0.4) is 0 Å². The molecular weight excluding hydrogens is 356 g/mol. The van der Waals surface area contributed by atoms with Gasteiger partial charge in [0, 0.05) is 18.7 Å². The monoisotopic (exact) mass is 382 g/mol. The lowest BCUT2D eigenvalue weighted by Gasteiger charge is -2.15. The van der Waals surface area contributed by atoms with E-state index in [1.54, 1.807) is 17.6 Å². The number of hydrogen-bond donors (Lipinski definition) is 2. The van der Waals surface area contributed by atoms with Gasteiger partial charge < -0.3 is 15.1 Å². The molecule has 0 saturated heterocycles. The van der Waals surface area contributed by atoms with Crippen molar-refractivity contribution in [2.24, 2.45) is 4.99 Å². The molecule has 0 saturated carbocycles. The van der Waals surface area contributed by atoms with Crippen LogP contribution >= 0.6 is 11.3 Å². The number of nitrogens with one attached hydrogen (secondary N) is 2. The first-order valence-corrected chi connectivity index (χ1v) is 10.2. The number of benzene rings is 1. The van der Waals surface area contributed by atoms with E-state index in [9.17, 15) is 0 Å². The van der Waals surface area contributed by atoms with Gasteiger partial charge in [-0.15, -0.1) is 0 Å². The van der Waals surface area contributed by atoms with Gasteiger partial charge in [0.05, 0.1) is 6.54 Å². The van der Waals surface area contributed by atoms with Crippen molar-refractivity contribution in [1.82, 2.24) is 15.6 Å². The van der Waals surface area contributed by atoms with Gasteiger partial charge in [-0.1, -0.05) is 24.6 Å². The maximum atomic E-state index is 5.61. The third-order valence-electron chi connectivity index (χ3n) is 4.28. The molecule has 6 heteroatoms. The zero-order valence-corrected chi connectivity index (χ0v) is 16.8. The Morgan fingerprint density at radius 1 is 1.22 bits per heavy atom. The summed E-state index contributed by atoms with van der Waals surface area (Å²) in [4.78, 5) is 9.18. The Morgan fingerprint density at radius 3 is 2.74 bits per heavy atom. The molecule has 0 aliphatic carbocycles. The highest BCUT2D eigenvalue weighted by Crippen LogP contribution is 2.19. The average Bonchev–Trinajstić information content (AvgIpc) is 3.36. The summed E-state index contributed by atoms with van der Waals surface area (Å²) in [6, 6.07) is 10.3. The van der Waals surface area contributed by atoms with Crippen LogP contribution in [0.15, 0.2) is 56.8 Å². The molecule has 27 heavy (non-hydrogen) atoms. The molecule has 3 aromatic rings. The fraction of sp³-hybridized carbons (Fsp3) is 0.333. The maximum Gasteiger partial charge on any atom is 0.226 e. The van der Waals surface area contributed by atoms with E-state index >= 15 is 0 Å². The van der Waals surface area contributed by atoms with Crippen molar-refractivity contribution in [3.8, 4) is 11.5 Å². The van der Waals surface area contributed by atoms with E-state index in [1.807, 2.05) is 12.1 Å². The molecule has 0 spiro atoms. The minimum absolute atomic E-state index is 0.431. The minimum atomic E-state index is 0.431. The molecule has 0 aliphatic heterocycles. The topological polar surface area (TPSA) is 62.5 Å². The number of hydrogen-bond acceptors (Lipinski definition) is 4. The maximum absolute atomic E-state index is 5.61. The highest BCUT2D eigenvalue weighted by molar-refractivity contribution is 7.07. The summed E-state index contributed by atoms with van der Waals surface area (Å²) in [5.74, 6) is 1.85. The van der Waals surface area contributed by atoms with Gasteiger partial charge in [-0.2, -0.15) is 11.3 Å². The molecule has 5 nitrogen and oxygen atoms in total. The lowest BCUT2D eigenvalue weighted by molar-refractivity contribution is 0.572. The van der Waals surface area contributed by atoms with Crippen LogP contribution in [0.2, 0.25) is 0 Å². The number of aryl methyl sites for hydroxylation is 1. The Balaban J connectivity index is 1.60. The van der Waals surface area contributed by atoms with Crippen LogP contribution in [-0.2, 0) is 6.54 Å². The minimum Gasteiger partial charge on any atom is -0.444 e. The summed E-state index contributed by atoms with van der Waals surface area (Å²) in [5.41, 5.74) is 4.36. The van der Waals surface area contributed by atoms with E-state index in [4.69, 9.17) is 4.42 Å². The van der Waals surface area contributed by atoms with E-state index < -0.39 is 0 Å². The van der Waals surface area contributed by atoms with Gasteiger partial charge in [-0.25, -0.2) is 9.98 Å². The number of aliphatic imine (C=N–C) groups is 1. The van der Waals surface area contributed by atoms with E-state index in [1.165, 1.54) is 11.1 Å². The predicted octanol–water partition coefficient (Wildman–Crippen LogP) is 4.57. The molecule has 2 heterocycles. The average molecular weight is 383 g/mol. The zero-order valence-electron chi connectivity index (χ0n) is 16.0. The van der Waals surface area contributed by atoms with Crippen molar-refractivity contribution < 1.29 is 4.42 Å². The Kier molecular flexibility index (Phi) is 6.65. The molecule has 0 bridgehead atoms. The summed E-state index contributed by atoms with van der Waals surface area (Å²) < 4.78 is 5.61. The first kappa shape index (κ1) is 19.2. The Bertz CT molecular complexity index is 853. The lowest BCUT2D eigenvalue weighted by Crippen LogP contribution is -2.39.